The Morgan fingerprint density at radius 2 is 1.41 bits per heavy atom. The summed E-state index contributed by atoms with van der Waals surface area (Å²) in [6, 6.07) is 5.83. The Kier molecular flexibility index (Phi) is 9.81. The van der Waals surface area contributed by atoms with Gasteiger partial charge in [0.1, 0.15) is 18.1 Å². The number of rotatable bonds is 9. The number of thioether (sulfide) groups is 1. The summed E-state index contributed by atoms with van der Waals surface area (Å²) in [7, 11) is 0. The van der Waals surface area contributed by atoms with Crippen molar-refractivity contribution in [2.45, 2.75) is 63.3 Å². The number of carbonyl (C=O) groups excluding carboxylic acids is 4. The SMILES string of the molecule is CC(=O)OCC1O[C@@H](SCc2ccc([N+](=O)[O-])cc2)C(OC(C)=O)C(OC(C)=O)[C@H]1OC(C)=O. The van der Waals surface area contributed by atoms with E-state index < -0.39 is 58.7 Å². The second-order valence-electron chi connectivity index (χ2n) is 7.30. The Bertz CT molecular complexity index is 920. The zero-order valence-electron chi connectivity index (χ0n) is 19.0. The van der Waals surface area contributed by atoms with Crippen LogP contribution in [0.5, 0.6) is 0 Å². The molecular formula is C21H25NO11S. The minimum atomic E-state index is -1.24. The normalized spacial score (nSPS) is 23.9. The molecule has 0 spiro atoms. The molecule has 12 nitrogen and oxygen atoms in total. The summed E-state index contributed by atoms with van der Waals surface area (Å²) >= 11 is 1.16. The number of non-ortho nitro benzene ring substituents is 1. The maximum absolute atomic E-state index is 11.8. The second kappa shape index (κ2) is 12.3. The van der Waals surface area contributed by atoms with Crippen LogP contribution in [-0.2, 0) is 48.6 Å². The quantitative estimate of drug-likeness (QED) is 0.211. The van der Waals surface area contributed by atoms with E-state index in [-0.39, 0.29) is 18.0 Å². The first kappa shape index (κ1) is 27.1. The number of carbonyl (C=O) groups is 4. The Morgan fingerprint density at radius 1 is 0.882 bits per heavy atom. The predicted octanol–water partition coefficient (Wildman–Crippen LogP) is 1.91. The van der Waals surface area contributed by atoms with Gasteiger partial charge in [0.2, 0.25) is 0 Å². The number of hydrogen-bond acceptors (Lipinski definition) is 12. The molecule has 1 aromatic rings. The first-order valence-electron chi connectivity index (χ1n) is 10.1. The number of hydrogen-bond donors (Lipinski definition) is 0. The zero-order valence-corrected chi connectivity index (χ0v) is 19.8. The Hall–Kier alpha value is -3.19. The topological polar surface area (TPSA) is 158 Å². The van der Waals surface area contributed by atoms with Crippen LogP contribution in [-0.4, -0.2) is 65.3 Å². The Labute approximate surface area is 199 Å². The number of nitro benzene ring substituents is 1. The lowest BCUT2D eigenvalue weighted by atomic mass is 9.99. The second-order valence-corrected chi connectivity index (χ2v) is 8.39. The molecule has 0 aromatic heterocycles. The molecule has 0 aliphatic carbocycles. The lowest BCUT2D eigenvalue weighted by Gasteiger charge is -2.44. The molecule has 1 fully saturated rings. The molecule has 34 heavy (non-hydrogen) atoms. The van der Waals surface area contributed by atoms with Crippen molar-refractivity contribution < 1.29 is 47.8 Å². The van der Waals surface area contributed by atoms with Gasteiger partial charge in [-0.05, 0) is 5.56 Å². The standard InChI is InChI=1S/C21H25NO11S/c1-11(23)29-9-17-18(30-12(2)24)19(31-13(3)25)20(32-14(4)26)21(33-17)34-10-15-5-7-16(8-6-15)22(27)28/h5-8,17-21H,9-10H2,1-4H3/t17?,18-,19?,20?,21-/m0/s1. The van der Waals surface area contributed by atoms with E-state index in [9.17, 15) is 29.3 Å². The van der Waals surface area contributed by atoms with Gasteiger partial charge in [-0.1, -0.05) is 12.1 Å². The fourth-order valence-electron chi connectivity index (χ4n) is 3.22. The molecule has 0 amide bonds. The average Bonchev–Trinajstić information content (AvgIpc) is 2.73. The van der Waals surface area contributed by atoms with Crippen molar-refractivity contribution in [2.24, 2.45) is 0 Å². The maximum Gasteiger partial charge on any atom is 0.303 e. The van der Waals surface area contributed by atoms with Gasteiger partial charge >= 0.3 is 23.9 Å². The fourth-order valence-corrected chi connectivity index (χ4v) is 4.39. The zero-order chi connectivity index (χ0) is 25.4. The van der Waals surface area contributed by atoms with Crippen LogP contribution < -0.4 is 0 Å². The predicted molar refractivity (Wildman–Crippen MR) is 116 cm³/mol. The molecule has 1 heterocycles. The third-order valence-electron chi connectivity index (χ3n) is 4.51. The van der Waals surface area contributed by atoms with E-state index in [2.05, 4.69) is 0 Å². The van der Waals surface area contributed by atoms with Gasteiger partial charge in [0, 0.05) is 45.6 Å². The molecule has 2 rings (SSSR count). The minimum Gasteiger partial charge on any atom is -0.463 e. The molecule has 1 saturated heterocycles. The molecule has 1 aliphatic rings. The van der Waals surface area contributed by atoms with Gasteiger partial charge in [0.15, 0.2) is 18.3 Å². The van der Waals surface area contributed by atoms with Crippen LogP contribution in [0.2, 0.25) is 0 Å². The van der Waals surface area contributed by atoms with Crippen LogP contribution in [0.3, 0.4) is 0 Å². The van der Waals surface area contributed by atoms with Gasteiger partial charge in [-0.3, -0.25) is 29.3 Å². The van der Waals surface area contributed by atoms with Crippen LogP contribution >= 0.6 is 11.8 Å². The first-order valence-corrected chi connectivity index (χ1v) is 11.2. The average molecular weight is 499 g/mol. The van der Waals surface area contributed by atoms with Gasteiger partial charge < -0.3 is 23.7 Å². The van der Waals surface area contributed by atoms with Crippen molar-refractivity contribution in [1.82, 2.24) is 0 Å². The number of nitrogens with zero attached hydrogens (tertiary/aromatic N) is 1. The smallest absolute Gasteiger partial charge is 0.303 e. The van der Waals surface area contributed by atoms with Crippen LogP contribution in [0.15, 0.2) is 24.3 Å². The first-order chi connectivity index (χ1) is 16.0. The van der Waals surface area contributed by atoms with Gasteiger partial charge in [-0.25, -0.2) is 0 Å². The number of esters is 4. The van der Waals surface area contributed by atoms with Gasteiger partial charge in [-0.2, -0.15) is 0 Å². The van der Waals surface area contributed by atoms with E-state index in [1.807, 2.05) is 0 Å². The van der Waals surface area contributed by atoms with Crippen molar-refractivity contribution >= 4 is 41.3 Å². The van der Waals surface area contributed by atoms with Gasteiger partial charge in [0.05, 0.1) is 4.92 Å². The lowest BCUT2D eigenvalue weighted by Crippen LogP contribution is -2.61. The molecule has 3 unspecified atom stereocenters. The largest absolute Gasteiger partial charge is 0.463 e. The molecule has 0 N–H and O–H groups in total. The lowest BCUT2D eigenvalue weighted by molar-refractivity contribution is -0.384. The van der Waals surface area contributed by atoms with Crippen LogP contribution in [0.1, 0.15) is 33.3 Å². The number of ether oxygens (including phenoxy) is 5. The van der Waals surface area contributed by atoms with Crippen molar-refractivity contribution in [2.75, 3.05) is 6.61 Å². The van der Waals surface area contributed by atoms with E-state index >= 15 is 0 Å². The molecule has 0 bridgehead atoms. The summed E-state index contributed by atoms with van der Waals surface area (Å²) in [6.45, 7) is 4.33. The van der Waals surface area contributed by atoms with E-state index in [1.165, 1.54) is 19.1 Å². The molecular weight excluding hydrogens is 474 g/mol. The van der Waals surface area contributed by atoms with Gasteiger partial charge in [-0.15, -0.1) is 11.8 Å². The van der Waals surface area contributed by atoms with Crippen LogP contribution in [0.25, 0.3) is 0 Å². The highest BCUT2D eigenvalue weighted by Crippen LogP contribution is 2.35. The fraction of sp³-hybridized carbons (Fsp3) is 0.524. The van der Waals surface area contributed by atoms with E-state index in [0.29, 0.717) is 5.56 Å². The molecule has 1 aliphatic heterocycles. The van der Waals surface area contributed by atoms with E-state index in [0.717, 1.165) is 32.5 Å². The third kappa shape index (κ3) is 7.99. The van der Waals surface area contributed by atoms with E-state index in [4.69, 9.17) is 23.7 Å². The molecule has 5 atom stereocenters. The number of benzene rings is 1. The molecule has 1 aromatic carbocycles. The highest BCUT2D eigenvalue weighted by atomic mass is 32.2. The summed E-state index contributed by atoms with van der Waals surface area (Å²) in [5, 5.41) is 10.9. The number of nitro groups is 1. The highest BCUT2D eigenvalue weighted by Gasteiger charge is 2.52. The summed E-state index contributed by atoms with van der Waals surface area (Å²) < 4.78 is 27.1. The monoisotopic (exact) mass is 499 g/mol. The van der Waals surface area contributed by atoms with Gasteiger partial charge in [0.25, 0.3) is 5.69 Å². The molecule has 0 saturated carbocycles. The Balaban J connectivity index is 2.34. The van der Waals surface area contributed by atoms with Crippen LogP contribution in [0.4, 0.5) is 5.69 Å². The molecule has 186 valence electrons. The summed E-state index contributed by atoms with van der Waals surface area (Å²) in [6.07, 6.45) is -4.66. The van der Waals surface area contributed by atoms with Crippen LogP contribution in [0, 0.1) is 10.1 Å². The summed E-state index contributed by atoms with van der Waals surface area (Å²) in [5.74, 6) is -2.44. The summed E-state index contributed by atoms with van der Waals surface area (Å²) in [4.78, 5) is 57.1. The van der Waals surface area contributed by atoms with E-state index in [1.54, 1.807) is 12.1 Å². The van der Waals surface area contributed by atoms with Crippen molar-refractivity contribution in [3.8, 4) is 0 Å². The van der Waals surface area contributed by atoms with Crippen molar-refractivity contribution in [1.29, 1.82) is 0 Å². The Morgan fingerprint density at radius 3 is 1.91 bits per heavy atom. The summed E-state index contributed by atoms with van der Waals surface area (Å²) in [5.41, 5.74) is -0.277. The van der Waals surface area contributed by atoms with Crippen molar-refractivity contribution in [3.63, 3.8) is 0 Å². The third-order valence-corrected chi connectivity index (χ3v) is 5.72. The molecule has 0 radical (unpaired) electrons. The highest BCUT2D eigenvalue weighted by molar-refractivity contribution is 7.99. The molecule has 13 heteroatoms. The van der Waals surface area contributed by atoms with Crippen molar-refractivity contribution in [3.05, 3.63) is 39.9 Å². The minimum absolute atomic E-state index is 0.0685. The maximum atomic E-state index is 11.8.